The van der Waals surface area contributed by atoms with Crippen molar-refractivity contribution in [3.05, 3.63) is 95.8 Å². The van der Waals surface area contributed by atoms with Crippen LogP contribution in [0.4, 0.5) is 4.79 Å². The number of ketones is 1. The van der Waals surface area contributed by atoms with E-state index in [0.717, 1.165) is 22.3 Å². The Labute approximate surface area is 282 Å². The summed E-state index contributed by atoms with van der Waals surface area (Å²) in [6, 6.07) is 18.3. The number of hydrazine groups is 1. The van der Waals surface area contributed by atoms with Crippen molar-refractivity contribution in [1.29, 1.82) is 0 Å². The number of hydrogen-bond acceptors (Lipinski definition) is 7. The Morgan fingerprint density at radius 2 is 1.56 bits per heavy atom. The van der Waals surface area contributed by atoms with E-state index in [1.807, 2.05) is 76.2 Å². The number of nitrogens with two attached hydrogens (primary N) is 1. The van der Waals surface area contributed by atoms with Gasteiger partial charge in [0, 0.05) is 18.3 Å². The highest BCUT2D eigenvalue weighted by molar-refractivity contribution is 5.99. The van der Waals surface area contributed by atoms with Gasteiger partial charge in [0.15, 0.2) is 5.78 Å². The van der Waals surface area contributed by atoms with Crippen molar-refractivity contribution in [2.45, 2.75) is 59.4 Å². The maximum absolute atomic E-state index is 14.7. The fourth-order valence-corrected chi connectivity index (χ4v) is 7.08. The van der Waals surface area contributed by atoms with Gasteiger partial charge >= 0.3 is 12.1 Å². The summed E-state index contributed by atoms with van der Waals surface area (Å²) in [6.45, 7) is 9.05. The summed E-state index contributed by atoms with van der Waals surface area (Å²) in [5, 5.41) is 13.5. The second-order valence-corrected chi connectivity index (χ2v) is 13.4. The third kappa shape index (κ3) is 7.99. The van der Waals surface area contributed by atoms with E-state index < -0.39 is 47.0 Å². The van der Waals surface area contributed by atoms with E-state index in [1.54, 1.807) is 36.7 Å². The van der Waals surface area contributed by atoms with Gasteiger partial charge in [-0.15, -0.1) is 0 Å². The van der Waals surface area contributed by atoms with E-state index >= 15 is 0 Å². The van der Waals surface area contributed by atoms with Gasteiger partial charge in [-0.05, 0) is 65.5 Å². The van der Waals surface area contributed by atoms with Crippen molar-refractivity contribution >= 4 is 29.8 Å². The van der Waals surface area contributed by atoms with Crippen molar-refractivity contribution in [1.82, 2.24) is 15.7 Å². The quantitative estimate of drug-likeness (QED) is 0.0885. The maximum Gasteiger partial charge on any atom is 0.407 e. The summed E-state index contributed by atoms with van der Waals surface area (Å²) in [6.07, 6.45) is 5.86. The first-order valence-corrected chi connectivity index (χ1v) is 16.4. The number of rotatable bonds is 15. The number of carboxylic acids is 1. The number of aromatic nitrogens is 1. The molecule has 2 amide bonds. The maximum atomic E-state index is 14.7. The Kier molecular flexibility index (Phi) is 11.9. The summed E-state index contributed by atoms with van der Waals surface area (Å²) < 4.78 is 5.72. The van der Waals surface area contributed by atoms with Crippen LogP contribution in [0.2, 0.25) is 0 Å². The molecule has 1 aliphatic rings. The first kappa shape index (κ1) is 36.0. The number of alkyl carbamates (subject to hydrolysis) is 1. The predicted molar refractivity (Wildman–Crippen MR) is 184 cm³/mol. The van der Waals surface area contributed by atoms with Gasteiger partial charge in [-0.1, -0.05) is 94.4 Å². The van der Waals surface area contributed by atoms with Crippen LogP contribution in [-0.2, 0) is 19.1 Å². The van der Waals surface area contributed by atoms with Crippen LogP contribution < -0.4 is 16.6 Å². The van der Waals surface area contributed by atoms with Crippen molar-refractivity contribution in [3.63, 3.8) is 0 Å². The van der Waals surface area contributed by atoms with Crippen LogP contribution in [-0.4, -0.2) is 46.5 Å². The molecule has 1 unspecified atom stereocenters. The molecule has 0 saturated heterocycles. The van der Waals surface area contributed by atoms with Crippen molar-refractivity contribution < 1.29 is 29.0 Å². The van der Waals surface area contributed by atoms with Crippen molar-refractivity contribution in [2.24, 2.45) is 34.9 Å². The lowest BCUT2D eigenvalue weighted by atomic mass is 9.60. The van der Waals surface area contributed by atoms with E-state index in [2.05, 4.69) is 15.7 Å². The molecular formula is C38H46N4O6. The molecule has 4 atom stereocenters. The molecule has 1 aliphatic carbocycles. The normalized spacial score (nSPS) is 15.7. The monoisotopic (exact) mass is 654 g/mol. The number of carboxylic acid groups (broad SMARTS) is 1. The average molecular weight is 655 g/mol. The Morgan fingerprint density at radius 1 is 0.938 bits per heavy atom. The molecule has 0 saturated carbocycles. The number of nitrogens with zero attached hydrogens (tertiary/aromatic N) is 1. The number of aliphatic carboxylic acids is 1. The smallest absolute Gasteiger partial charge is 0.407 e. The zero-order chi connectivity index (χ0) is 35.0. The number of ether oxygens (including phenoxy) is 1. The van der Waals surface area contributed by atoms with Crippen LogP contribution in [0.1, 0.15) is 70.1 Å². The van der Waals surface area contributed by atoms with Gasteiger partial charge in [0.25, 0.3) is 0 Å². The predicted octanol–water partition coefficient (Wildman–Crippen LogP) is 5.98. The minimum absolute atomic E-state index is 0.0453. The number of fused-ring (bicyclic) bond motifs is 3. The van der Waals surface area contributed by atoms with E-state index in [-0.39, 0.29) is 37.2 Å². The molecule has 10 heteroatoms. The standard InChI is InChI=1S/C38H46N4O6/c1-23(2)19-31(35(44)42-39)33(36(45)46)38(20-24(3)4,17-16-26-11-10-18-40-21-26)34(43)25(5)41-37(47)48-22-32-29-14-8-6-12-27(29)28-13-7-9-15-30(28)32/h6-18,21,23-25,31-33H,19-20,22,39H2,1-5H3,(H,41,47)(H,42,44)(H,45,46)/t25-,31-,33-,38?/m1/s1. The fraction of sp³-hybridized carbons (Fsp3) is 0.395. The molecule has 0 bridgehead atoms. The number of nitrogens with one attached hydrogen (secondary N) is 2. The van der Waals surface area contributed by atoms with Gasteiger partial charge in [-0.2, -0.15) is 0 Å². The number of carbonyl (C=O) groups is 4. The number of benzene rings is 2. The van der Waals surface area contributed by atoms with Gasteiger partial charge in [0.2, 0.25) is 5.91 Å². The summed E-state index contributed by atoms with van der Waals surface area (Å²) in [7, 11) is 0. The van der Waals surface area contributed by atoms with Crippen LogP contribution in [0.15, 0.2) is 79.1 Å². The highest BCUT2D eigenvalue weighted by Crippen LogP contribution is 2.46. The van der Waals surface area contributed by atoms with E-state index in [9.17, 15) is 24.3 Å². The topological polar surface area (TPSA) is 161 Å². The molecule has 254 valence electrons. The molecule has 5 N–H and O–H groups in total. The number of allylic oxidation sites excluding steroid dienone is 1. The first-order valence-electron chi connectivity index (χ1n) is 16.4. The SMILES string of the molecule is CC(C)C[C@@H](C(=O)NN)[C@H](C(=O)O)C(C=Cc1cccnc1)(CC(C)C)C(=O)[C@@H](C)NC(=O)OCC1c2ccccc2-c2ccccc21. The number of Topliss-reactive ketones (excluding diaryl/α,β-unsaturated/α-hetero) is 1. The molecule has 10 nitrogen and oxygen atoms in total. The number of pyridine rings is 1. The Hall–Kier alpha value is -4.83. The zero-order valence-electron chi connectivity index (χ0n) is 28.2. The van der Waals surface area contributed by atoms with E-state index in [1.165, 1.54) is 6.92 Å². The molecule has 2 aromatic carbocycles. The molecule has 0 fully saturated rings. The van der Waals surface area contributed by atoms with Gasteiger partial charge in [0.1, 0.15) is 6.61 Å². The molecule has 3 aromatic rings. The Balaban J connectivity index is 1.68. The molecule has 0 aliphatic heterocycles. The lowest BCUT2D eigenvalue weighted by Crippen LogP contribution is -2.55. The fourth-order valence-electron chi connectivity index (χ4n) is 7.08. The summed E-state index contributed by atoms with van der Waals surface area (Å²) in [5.74, 6) is -0.0674. The zero-order valence-corrected chi connectivity index (χ0v) is 28.2. The average Bonchev–Trinajstić information content (AvgIpc) is 3.38. The van der Waals surface area contributed by atoms with Crippen LogP contribution in [0.3, 0.4) is 0 Å². The number of carbonyl (C=O) groups excluding carboxylic acids is 3. The van der Waals surface area contributed by atoms with Crippen LogP contribution in [0.25, 0.3) is 17.2 Å². The second kappa shape index (κ2) is 15.8. The highest BCUT2D eigenvalue weighted by Gasteiger charge is 2.54. The van der Waals surface area contributed by atoms with Crippen molar-refractivity contribution in [3.8, 4) is 11.1 Å². The van der Waals surface area contributed by atoms with Crippen LogP contribution in [0, 0.1) is 29.1 Å². The highest BCUT2D eigenvalue weighted by atomic mass is 16.5. The minimum atomic E-state index is -1.72. The van der Waals surface area contributed by atoms with Crippen LogP contribution >= 0.6 is 0 Å². The molecule has 1 aromatic heterocycles. The lowest BCUT2D eigenvalue weighted by Gasteiger charge is -2.41. The largest absolute Gasteiger partial charge is 0.481 e. The number of amides is 2. The van der Waals surface area contributed by atoms with Gasteiger partial charge in [0.05, 0.1) is 23.3 Å². The third-order valence-corrected chi connectivity index (χ3v) is 8.96. The number of hydrogen-bond donors (Lipinski definition) is 4. The second-order valence-electron chi connectivity index (χ2n) is 13.4. The summed E-state index contributed by atoms with van der Waals surface area (Å²) >= 11 is 0. The molecule has 0 spiro atoms. The van der Waals surface area contributed by atoms with Gasteiger partial charge in [-0.25, -0.2) is 10.6 Å². The molecule has 4 rings (SSSR count). The minimum Gasteiger partial charge on any atom is -0.481 e. The summed E-state index contributed by atoms with van der Waals surface area (Å²) in [5.41, 5.74) is 5.31. The lowest BCUT2D eigenvalue weighted by molar-refractivity contribution is -0.158. The van der Waals surface area contributed by atoms with E-state index in [0.29, 0.717) is 5.56 Å². The molecule has 0 radical (unpaired) electrons. The third-order valence-electron chi connectivity index (χ3n) is 8.96. The Bertz CT molecular complexity index is 1590. The van der Waals surface area contributed by atoms with Crippen molar-refractivity contribution in [2.75, 3.05) is 6.61 Å². The van der Waals surface area contributed by atoms with E-state index in [4.69, 9.17) is 10.6 Å². The Morgan fingerprint density at radius 3 is 2.08 bits per heavy atom. The van der Waals surface area contributed by atoms with Gasteiger partial charge < -0.3 is 15.2 Å². The first-order chi connectivity index (χ1) is 22.9. The molecular weight excluding hydrogens is 608 g/mol. The van der Waals surface area contributed by atoms with Crippen LogP contribution in [0.5, 0.6) is 0 Å². The van der Waals surface area contributed by atoms with Gasteiger partial charge in [-0.3, -0.25) is 24.8 Å². The summed E-state index contributed by atoms with van der Waals surface area (Å²) in [4.78, 5) is 58.6. The molecule has 1 heterocycles. The molecule has 48 heavy (non-hydrogen) atoms.